The molecule has 0 saturated carbocycles. The van der Waals surface area contributed by atoms with Gasteiger partial charge in [-0.15, -0.1) is 0 Å². The standard InChI is InChI=1S/C16H13N3O6/c20-14(10-24-16(21)13-6-7-15(25-13)19(22)23)18-9-8-12(17-18)11-4-2-1-3-5-11/h1-7H,8-10H2. The van der Waals surface area contributed by atoms with Crippen LogP contribution >= 0.6 is 0 Å². The first kappa shape index (κ1) is 16.4. The summed E-state index contributed by atoms with van der Waals surface area (Å²) >= 11 is 0. The van der Waals surface area contributed by atoms with Crippen LogP contribution in [0, 0.1) is 10.1 Å². The van der Waals surface area contributed by atoms with Gasteiger partial charge in [0.25, 0.3) is 5.91 Å². The molecule has 0 bridgehead atoms. The first-order chi connectivity index (χ1) is 12.0. The van der Waals surface area contributed by atoms with Crippen LogP contribution in [0.4, 0.5) is 5.88 Å². The zero-order chi connectivity index (χ0) is 17.8. The first-order valence-electron chi connectivity index (χ1n) is 7.39. The molecular weight excluding hydrogens is 330 g/mol. The summed E-state index contributed by atoms with van der Waals surface area (Å²) < 4.78 is 9.53. The van der Waals surface area contributed by atoms with E-state index in [1.165, 1.54) is 5.01 Å². The van der Waals surface area contributed by atoms with Gasteiger partial charge in [-0.3, -0.25) is 14.9 Å². The Morgan fingerprint density at radius 2 is 2.00 bits per heavy atom. The molecule has 3 rings (SSSR count). The minimum Gasteiger partial charge on any atom is -0.450 e. The number of esters is 1. The van der Waals surface area contributed by atoms with E-state index in [0.717, 1.165) is 23.4 Å². The number of carbonyl (C=O) groups excluding carboxylic acids is 2. The molecule has 0 aliphatic carbocycles. The van der Waals surface area contributed by atoms with Crippen molar-refractivity contribution < 1.29 is 23.7 Å². The third kappa shape index (κ3) is 3.71. The summed E-state index contributed by atoms with van der Waals surface area (Å²) in [6.45, 7) is -0.133. The highest BCUT2D eigenvalue weighted by atomic mass is 16.7. The Kier molecular flexibility index (Phi) is 4.55. The molecule has 2 heterocycles. The number of ether oxygens (including phenoxy) is 1. The topological polar surface area (TPSA) is 115 Å². The van der Waals surface area contributed by atoms with Gasteiger partial charge in [0, 0.05) is 6.42 Å². The van der Waals surface area contributed by atoms with E-state index in [4.69, 9.17) is 9.15 Å². The second kappa shape index (κ2) is 6.95. The molecule has 9 nitrogen and oxygen atoms in total. The van der Waals surface area contributed by atoms with E-state index < -0.39 is 29.3 Å². The number of amides is 1. The molecule has 1 aliphatic heterocycles. The molecule has 1 aliphatic rings. The SMILES string of the molecule is O=C(OCC(=O)N1CCC(c2ccccc2)=N1)c1ccc([N+](=O)[O-])o1. The van der Waals surface area contributed by atoms with Crippen LogP contribution in [0.3, 0.4) is 0 Å². The van der Waals surface area contributed by atoms with Crippen LogP contribution < -0.4 is 0 Å². The number of nitro groups is 1. The van der Waals surface area contributed by atoms with Gasteiger partial charge in [0.2, 0.25) is 5.76 Å². The van der Waals surface area contributed by atoms with Gasteiger partial charge in [-0.05, 0) is 11.6 Å². The molecule has 0 N–H and O–H groups in total. The third-order valence-corrected chi connectivity index (χ3v) is 3.50. The molecule has 1 aromatic carbocycles. The maximum absolute atomic E-state index is 12.1. The van der Waals surface area contributed by atoms with Crippen LogP contribution in [0.1, 0.15) is 22.5 Å². The lowest BCUT2D eigenvalue weighted by Crippen LogP contribution is -2.28. The second-order valence-electron chi connectivity index (χ2n) is 5.15. The number of carbonyl (C=O) groups is 2. The third-order valence-electron chi connectivity index (χ3n) is 3.50. The van der Waals surface area contributed by atoms with Gasteiger partial charge in [0.05, 0.1) is 18.3 Å². The predicted molar refractivity (Wildman–Crippen MR) is 85.0 cm³/mol. The van der Waals surface area contributed by atoms with Crippen molar-refractivity contribution >= 4 is 23.5 Å². The van der Waals surface area contributed by atoms with E-state index in [0.29, 0.717) is 13.0 Å². The molecule has 1 amide bonds. The molecule has 0 atom stereocenters. The van der Waals surface area contributed by atoms with Gasteiger partial charge in [-0.25, -0.2) is 9.80 Å². The number of hydrazone groups is 1. The summed E-state index contributed by atoms with van der Waals surface area (Å²) in [6.07, 6.45) is 0.605. The lowest BCUT2D eigenvalue weighted by molar-refractivity contribution is -0.402. The summed E-state index contributed by atoms with van der Waals surface area (Å²) in [5, 5.41) is 16.0. The number of rotatable bonds is 5. The second-order valence-corrected chi connectivity index (χ2v) is 5.15. The van der Waals surface area contributed by atoms with Crippen molar-refractivity contribution in [2.24, 2.45) is 5.10 Å². The average Bonchev–Trinajstić information content (AvgIpc) is 3.29. The maximum atomic E-state index is 12.1. The van der Waals surface area contributed by atoms with Crippen LogP contribution in [0.25, 0.3) is 0 Å². The van der Waals surface area contributed by atoms with E-state index >= 15 is 0 Å². The Morgan fingerprint density at radius 1 is 1.24 bits per heavy atom. The highest BCUT2D eigenvalue weighted by Gasteiger charge is 2.24. The largest absolute Gasteiger partial charge is 0.450 e. The van der Waals surface area contributed by atoms with E-state index in [1.54, 1.807) is 0 Å². The van der Waals surface area contributed by atoms with Gasteiger partial charge in [-0.2, -0.15) is 5.10 Å². The Labute approximate surface area is 141 Å². The first-order valence-corrected chi connectivity index (χ1v) is 7.39. The fourth-order valence-corrected chi connectivity index (χ4v) is 2.28. The van der Waals surface area contributed by atoms with Crippen molar-refractivity contribution in [2.75, 3.05) is 13.2 Å². The van der Waals surface area contributed by atoms with Crippen molar-refractivity contribution in [3.63, 3.8) is 0 Å². The minimum atomic E-state index is -0.951. The molecule has 1 aromatic heterocycles. The van der Waals surface area contributed by atoms with Gasteiger partial charge in [0.15, 0.2) is 6.61 Å². The monoisotopic (exact) mass is 343 g/mol. The van der Waals surface area contributed by atoms with Crippen LogP contribution in [-0.2, 0) is 9.53 Å². The minimum absolute atomic E-state index is 0.339. The highest BCUT2D eigenvalue weighted by Crippen LogP contribution is 2.17. The number of nitrogens with zero attached hydrogens (tertiary/aromatic N) is 3. The molecule has 0 unspecified atom stereocenters. The molecule has 0 spiro atoms. The Morgan fingerprint density at radius 3 is 2.68 bits per heavy atom. The summed E-state index contributed by atoms with van der Waals surface area (Å²) in [5.41, 5.74) is 1.71. The fourth-order valence-electron chi connectivity index (χ4n) is 2.28. The number of hydrogen-bond acceptors (Lipinski definition) is 7. The normalized spacial score (nSPS) is 13.4. The summed E-state index contributed by atoms with van der Waals surface area (Å²) in [7, 11) is 0. The molecule has 25 heavy (non-hydrogen) atoms. The smallest absolute Gasteiger partial charge is 0.433 e. The Balaban J connectivity index is 1.57. The van der Waals surface area contributed by atoms with Crippen LogP contribution in [0.5, 0.6) is 0 Å². The Hall–Kier alpha value is -3.49. The van der Waals surface area contributed by atoms with Gasteiger partial charge < -0.3 is 9.15 Å². The van der Waals surface area contributed by atoms with Crippen molar-refractivity contribution in [1.82, 2.24) is 5.01 Å². The molecule has 128 valence electrons. The highest BCUT2D eigenvalue weighted by molar-refractivity contribution is 6.02. The molecule has 2 aromatic rings. The van der Waals surface area contributed by atoms with Crippen molar-refractivity contribution in [3.8, 4) is 0 Å². The van der Waals surface area contributed by atoms with Crippen LogP contribution in [-0.4, -0.2) is 40.7 Å². The number of furan rings is 1. The summed E-state index contributed by atoms with van der Waals surface area (Å²) in [4.78, 5) is 33.6. The average molecular weight is 343 g/mol. The van der Waals surface area contributed by atoms with E-state index in [-0.39, 0.29) is 5.76 Å². The maximum Gasteiger partial charge on any atom is 0.433 e. The van der Waals surface area contributed by atoms with Crippen molar-refractivity contribution in [2.45, 2.75) is 6.42 Å². The summed E-state index contributed by atoms with van der Waals surface area (Å²) in [6, 6.07) is 11.6. The lowest BCUT2D eigenvalue weighted by Gasteiger charge is -2.10. The quantitative estimate of drug-likeness (QED) is 0.466. The van der Waals surface area contributed by atoms with Crippen LogP contribution in [0.2, 0.25) is 0 Å². The zero-order valence-corrected chi connectivity index (χ0v) is 13.0. The number of benzene rings is 1. The van der Waals surface area contributed by atoms with Gasteiger partial charge >= 0.3 is 11.9 Å². The van der Waals surface area contributed by atoms with E-state index in [9.17, 15) is 19.7 Å². The van der Waals surface area contributed by atoms with Crippen molar-refractivity contribution in [1.29, 1.82) is 0 Å². The van der Waals surface area contributed by atoms with Gasteiger partial charge in [0.1, 0.15) is 4.92 Å². The van der Waals surface area contributed by atoms with E-state index in [1.807, 2.05) is 30.3 Å². The molecule has 0 saturated heterocycles. The Bertz CT molecular complexity index is 843. The van der Waals surface area contributed by atoms with E-state index in [2.05, 4.69) is 5.10 Å². The summed E-state index contributed by atoms with van der Waals surface area (Å²) in [5.74, 6) is -2.35. The predicted octanol–water partition coefficient (Wildman–Crippen LogP) is 1.98. The number of hydrogen-bond donors (Lipinski definition) is 0. The van der Waals surface area contributed by atoms with Crippen LogP contribution in [0.15, 0.2) is 52.0 Å². The molecule has 0 radical (unpaired) electrons. The molecule has 0 fully saturated rings. The van der Waals surface area contributed by atoms with Gasteiger partial charge in [-0.1, -0.05) is 30.3 Å². The zero-order valence-electron chi connectivity index (χ0n) is 13.0. The molecular formula is C16H13N3O6. The molecule has 9 heteroatoms. The fraction of sp³-hybridized carbons (Fsp3) is 0.188. The lowest BCUT2D eigenvalue weighted by atomic mass is 10.1. The van der Waals surface area contributed by atoms with Crippen molar-refractivity contribution in [3.05, 3.63) is 63.9 Å².